The molecule has 1 atom stereocenters. The first kappa shape index (κ1) is 12.1. The lowest BCUT2D eigenvalue weighted by Crippen LogP contribution is -2.43. The van der Waals surface area contributed by atoms with E-state index in [2.05, 4.69) is 0 Å². The Balaban J connectivity index is 2.31. The molecule has 1 unspecified atom stereocenters. The van der Waals surface area contributed by atoms with Crippen LogP contribution in [0.5, 0.6) is 0 Å². The maximum absolute atomic E-state index is 12.3. The van der Waals surface area contributed by atoms with Gasteiger partial charge in [-0.05, 0) is 32.9 Å². The Morgan fingerprint density at radius 1 is 1.18 bits per heavy atom. The van der Waals surface area contributed by atoms with Gasteiger partial charge in [0.25, 0.3) is 5.91 Å². The monoisotopic (exact) mass is 252 g/mol. The molecule has 0 radical (unpaired) electrons. The van der Waals surface area contributed by atoms with E-state index in [0.717, 1.165) is 5.69 Å². The van der Waals surface area contributed by atoms with Gasteiger partial charge in [-0.2, -0.15) is 0 Å². The number of anilines is 1. The van der Waals surface area contributed by atoms with Gasteiger partial charge in [0.15, 0.2) is 0 Å². The molecule has 5 heteroatoms. The van der Waals surface area contributed by atoms with E-state index in [9.17, 15) is 9.00 Å². The van der Waals surface area contributed by atoms with Crippen LogP contribution in [0.2, 0.25) is 0 Å². The quantitative estimate of drug-likeness (QED) is 0.763. The van der Waals surface area contributed by atoms with Gasteiger partial charge in [-0.3, -0.25) is 9.10 Å². The fraction of sp³-hybridized carbons (Fsp3) is 0.417. The van der Waals surface area contributed by atoms with Crippen LogP contribution in [0.25, 0.3) is 0 Å². The smallest absolute Gasteiger partial charge is 0.256 e. The average Bonchev–Trinajstić information content (AvgIpc) is 2.54. The zero-order valence-electron chi connectivity index (χ0n) is 10.2. The first-order chi connectivity index (χ1) is 7.91. The third-order valence-corrected chi connectivity index (χ3v) is 4.28. The van der Waals surface area contributed by atoms with Crippen LogP contribution >= 0.6 is 0 Å². The third kappa shape index (κ3) is 2.20. The number of para-hydroxylation sites is 1. The summed E-state index contributed by atoms with van der Waals surface area (Å²) in [6.07, 6.45) is 0. The first-order valence-corrected chi connectivity index (χ1v) is 6.55. The summed E-state index contributed by atoms with van der Waals surface area (Å²) in [5.74, 6) is -0.0975. The van der Waals surface area contributed by atoms with E-state index in [1.807, 2.05) is 51.1 Å². The lowest BCUT2D eigenvalue weighted by atomic mass is 10.1. The second kappa shape index (κ2) is 4.14. The zero-order chi connectivity index (χ0) is 12.6. The van der Waals surface area contributed by atoms with Crippen LogP contribution in [0.15, 0.2) is 30.3 Å². The second-order valence-electron chi connectivity index (χ2n) is 4.96. The summed E-state index contributed by atoms with van der Waals surface area (Å²) in [5.41, 5.74) is 0.386. The van der Waals surface area contributed by atoms with Crippen LogP contribution < -0.4 is 4.31 Å². The number of carbonyl (C=O) groups is 1. The van der Waals surface area contributed by atoms with Crippen molar-refractivity contribution in [1.29, 1.82) is 0 Å². The molecule has 0 N–H and O–H groups in total. The van der Waals surface area contributed by atoms with Crippen molar-refractivity contribution in [2.24, 2.45) is 0 Å². The summed E-state index contributed by atoms with van der Waals surface area (Å²) < 4.78 is 15.4. The van der Waals surface area contributed by atoms with Crippen LogP contribution in [0.4, 0.5) is 5.69 Å². The van der Waals surface area contributed by atoms with Crippen molar-refractivity contribution in [3.8, 4) is 0 Å². The highest BCUT2D eigenvalue weighted by atomic mass is 32.2. The van der Waals surface area contributed by atoms with E-state index in [1.165, 1.54) is 4.31 Å². The van der Waals surface area contributed by atoms with Crippen molar-refractivity contribution in [3.05, 3.63) is 30.3 Å². The minimum absolute atomic E-state index is 0.0975. The van der Waals surface area contributed by atoms with Crippen molar-refractivity contribution < 1.29 is 9.00 Å². The summed E-state index contributed by atoms with van der Waals surface area (Å²) in [6, 6.07) is 9.36. The van der Waals surface area contributed by atoms with Crippen LogP contribution in [0.1, 0.15) is 20.8 Å². The highest BCUT2D eigenvalue weighted by molar-refractivity contribution is 7.85. The molecule has 1 aromatic rings. The van der Waals surface area contributed by atoms with Gasteiger partial charge in [0.05, 0.1) is 5.69 Å². The van der Waals surface area contributed by atoms with E-state index in [1.54, 1.807) is 4.31 Å². The molecular weight excluding hydrogens is 236 g/mol. The Morgan fingerprint density at radius 2 is 1.76 bits per heavy atom. The van der Waals surface area contributed by atoms with Gasteiger partial charge in [-0.1, -0.05) is 18.2 Å². The highest BCUT2D eigenvalue weighted by Gasteiger charge is 2.42. The number of carbonyl (C=O) groups excluding carboxylic acids is 1. The predicted molar refractivity (Wildman–Crippen MR) is 68.5 cm³/mol. The Bertz CT molecular complexity index is 453. The van der Waals surface area contributed by atoms with Gasteiger partial charge < -0.3 is 0 Å². The maximum Gasteiger partial charge on any atom is 0.256 e. The molecule has 92 valence electrons. The molecule has 1 saturated heterocycles. The molecule has 0 saturated carbocycles. The fourth-order valence-electron chi connectivity index (χ4n) is 1.81. The summed E-state index contributed by atoms with van der Waals surface area (Å²) in [4.78, 5) is 11.9. The van der Waals surface area contributed by atoms with Crippen LogP contribution in [-0.2, 0) is 16.0 Å². The van der Waals surface area contributed by atoms with Gasteiger partial charge >= 0.3 is 0 Å². The van der Waals surface area contributed by atoms with E-state index >= 15 is 0 Å². The van der Waals surface area contributed by atoms with E-state index < -0.39 is 16.7 Å². The largest absolute Gasteiger partial charge is 0.272 e. The van der Waals surface area contributed by atoms with Gasteiger partial charge in [-0.15, -0.1) is 0 Å². The molecule has 1 amide bonds. The van der Waals surface area contributed by atoms with E-state index in [0.29, 0.717) is 0 Å². The number of rotatable bonds is 1. The molecule has 17 heavy (non-hydrogen) atoms. The number of hydrogen-bond donors (Lipinski definition) is 0. The SMILES string of the molecule is CC(C)(C)N1C(=O)CN(c2ccccc2)S1=O. The number of amides is 1. The van der Waals surface area contributed by atoms with Gasteiger partial charge in [-0.25, -0.2) is 8.51 Å². The molecule has 0 bridgehead atoms. The van der Waals surface area contributed by atoms with Crippen molar-refractivity contribution in [1.82, 2.24) is 4.31 Å². The highest BCUT2D eigenvalue weighted by Crippen LogP contribution is 2.28. The first-order valence-electron chi connectivity index (χ1n) is 5.49. The normalized spacial score (nSPS) is 21.1. The second-order valence-corrected chi connectivity index (χ2v) is 6.23. The number of nitrogens with zero attached hydrogens (tertiary/aromatic N) is 2. The van der Waals surface area contributed by atoms with Gasteiger partial charge in [0.1, 0.15) is 6.54 Å². The van der Waals surface area contributed by atoms with Crippen LogP contribution in [0, 0.1) is 0 Å². The molecule has 1 aliphatic heterocycles. The standard InChI is InChI=1S/C12H16N2O2S/c1-12(2,3)14-11(15)9-13(17(14)16)10-7-5-4-6-8-10/h4-8H,9H2,1-3H3. The molecule has 2 rings (SSSR count). The van der Waals surface area contributed by atoms with Gasteiger partial charge in [0.2, 0.25) is 11.2 Å². The minimum Gasteiger partial charge on any atom is -0.272 e. The Morgan fingerprint density at radius 3 is 2.24 bits per heavy atom. The Hall–Kier alpha value is -1.36. The molecule has 0 spiro atoms. The summed E-state index contributed by atoms with van der Waals surface area (Å²) >= 11 is -1.43. The molecule has 1 aromatic carbocycles. The van der Waals surface area contributed by atoms with Crippen LogP contribution in [-0.4, -0.2) is 26.5 Å². The molecule has 1 heterocycles. The molecule has 0 aromatic heterocycles. The summed E-state index contributed by atoms with van der Waals surface area (Å²) in [5, 5.41) is 0. The maximum atomic E-state index is 12.3. The van der Waals surface area contributed by atoms with Crippen molar-refractivity contribution in [2.45, 2.75) is 26.3 Å². The minimum atomic E-state index is -1.43. The average molecular weight is 252 g/mol. The Labute approximate surface area is 104 Å². The van der Waals surface area contributed by atoms with E-state index in [-0.39, 0.29) is 12.5 Å². The Kier molecular flexibility index (Phi) is 2.95. The molecule has 0 aliphatic carbocycles. The van der Waals surface area contributed by atoms with Crippen molar-refractivity contribution in [3.63, 3.8) is 0 Å². The molecule has 4 nitrogen and oxygen atoms in total. The lowest BCUT2D eigenvalue weighted by Gasteiger charge is -2.29. The molecule has 1 fully saturated rings. The number of benzene rings is 1. The van der Waals surface area contributed by atoms with Gasteiger partial charge in [0, 0.05) is 5.54 Å². The van der Waals surface area contributed by atoms with Crippen molar-refractivity contribution in [2.75, 3.05) is 10.8 Å². The fourth-order valence-corrected chi connectivity index (χ4v) is 3.23. The number of hydrogen-bond acceptors (Lipinski definition) is 2. The van der Waals surface area contributed by atoms with Crippen LogP contribution in [0.3, 0.4) is 0 Å². The topological polar surface area (TPSA) is 40.6 Å². The van der Waals surface area contributed by atoms with Crippen molar-refractivity contribution >= 4 is 22.8 Å². The molecular formula is C12H16N2O2S. The predicted octanol–water partition coefficient (Wildman–Crippen LogP) is 1.71. The summed E-state index contributed by atoms with van der Waals surface area (Å²) in [7, 11) is 0. The zero-order valence-corrected chi connectivity index (χ0v) is 11.0. The third-order valence-electron chi connectivity index (χ3n) is 2.50. The molecule has 1 aliphatic rings. The summed E-state index contributed by atoms with van der Waals surface area (Å²) in [6.45, 7) is 5.83. The van der Waals surface area contributed by atoms with E-state index in [4.69, 9.17) is 0 Å². The lowest BCUT2D eigenvalue weighted by molar-refractivity contribution is -0.126.